The minimum absolute atomic E-state index is 0.749. The predicted octanol–water partition coefficient (Wildman–Crippen LogP) is 3.49. The van der Waals surface area contributed by atoms with E-state index in [1.54, 1.807) is 4.68 Å². The van der Waals surface area contributed by atoms with E-state index in [-0.39, 0.29) is 0 Å². The number of anilines is 1. The molecule has 0 atom stereocenters. The quantitative estimate of drug-likeness (QED) is 0.718. The average molecular weight is 392 g/mol. The summed E-state index contributed by atoms with van der Waals surface area (Å²) in [6.45, 7) is 3.65. The number of fused-ring (bicyclic) bond motifs is 1. The lowest BCUT2D eigenvalue weighted by Crippen LogP contribution is -2.37. The van der Waals surface area contributed by atoms with Crippen LogP contribution in [0.1, 0.15) is 38.5 Å². The fraction of sp³-hybridized carbons (Fsp3) is 0.545. The molecule has 29 heavy (non-hydrogen) atoms. The summed E-state index contributed by atoms with van der Waals surface area (Å²) >= 11 is 0. The maximum absolute atomic E-state index is 4.58. The summed E-state index contributed by atoms with van der Waals surface area (Å²) in [5, 5.41) is 13.9. The summed E-state index contributed by atoms with van der Waals surface area (Å²) in [4.78, 5) is 11.8. The van der Waals surface area contributed by atoms with Crippen LogP contribution in [0.25, 0.3) is 22.2 Å². The second kappa shape index (κ2) is 8.06. The van der Waals surface area contributed by atoms with Gasteiger partial charge in [-0.1, -0.05) is 5.21 Å². The zero-order chi connectivity index (χ0) is 19.6. The zero-order valence-electron chi connectivity index (χ0n) is 17.1. The smallest absolute Gasteiger partial charge is 0.131 e. The van der Waals surface area contributed by atoms with Crippen molar-refractivity contribution in [1.29, 1.82) is 0 Å². The van der Waals surface area contributed by atoms with Gasteiger partial charge in [0.1, 0.15) is 11.5 Å². The molecule has 3 aromatic rings. The molecule has 1 aliphatic carbocycles. The molecule has 3 aromatic heterocycles. The van der Waals surface area contributed by atoms with E-state index in [2.05, 4.69) is 42.6 Å². The number of hydrogen-bond donors (Lipinski definition) is 1. The molecule has 0 aromatic carbocycles. The fourth-order valence-corrected chi connectivity index (χ4v) is 4.81. The number of aromatic nitrogens is 5. The molecule has 1 aliphatic heterocycles. The first kappa shape index (κ1) is 18.5. The van der Waals surface area contributed by atoms with Gasteiger partial charge in [-0.3, -0.25) is 9.67 Å². The van der Waals surface area contributed by atoms with Crippen LogP contribution in [0.2, 0.25) is 0 Å². The van der Waals surface area contributed by atoms with Crippen LogP contribution >= 0.6 is 0 Å². The first-order valence-electron chi connectivity index (χ1n) is 10.8. The lowest BCUT2D eigenvalue weighted by atomic mass is 9.85. The van der Waals surface area contributed by atoms with Gasteiger partial charge in [0, 0.05) is 37.4 Å². The summed E-state index contributed by atoms with van der Waals surface area (Å²) < 4.78 is 1.69. The molecule has 1 N–H and O–H groups in total. The topological polar surface area (TPSA) is 71.8 Å². The highest BCUT2D eigenvalue weighted by Crippen LogP contribution is 2.30. The molecule has 2 fully saturated rings. The highest BCUT2D eigenvalue weighted by molar-refractivity contribution is 5.86. The van der Waals surface area contributed by atoms with E-state index < -0.39 is 0 Å². The Hall–Kier alpha value is -2.54. The summed E-state index contributed by atoms with van der Waals surface area (Å²) in [5.74, 6) is 1.69. The molecule has 2 aliphatic rings. The first-order valence-corrected chi connectivity index (χ1v) is 10.8. The van der Waals surface area contributed by atoms with Crippen molar-refractivity contribution in [2.45, 2.75) is 44.6 Å². The normalized spacial score (nSPS) is 22.9. The second-order valence-electron chi connectivity index (χ2n) is 8.56. The van der Waals surface area contributed by atoms with Gasteiger partial charge < -0.3 is 10.2 Å². The third-order valence-corrected chi connectivity index (χ3v) is 6.51. The summed E-state index contributed by atoms with van der Waals surface area (Å²) in [6.07, 6.45) is 13.8. The lowest BCUT2D eigenvalue weighted by Gasteiger charge is -2.34. The summed E-state index contributed by atoms with van der Waals surface area (Å²) in [6, 6.07) is 5.01. The minimum atomic E-state index is 0.749. The van der Waals surface area contributed by atoms with Crippen molar-refractivity contribution in [2.24, 2.45) is 13.0 Å². The second-order valence-corrected chi connectivity index (χ2v) is 8.56. The summed E-state index contributed by atoms with van der Waals surface area (Å²) in [7, 11) is 1.86. The Morgan fingerprint density at radius 2 is 1.76 bits per heavy atom. The maximum atomic E-state index is 4.58. The van der Waals surface area contributed by atoms with E-state index in [1.807, 2.05) is 25.6 Å². The fourth-order valence-electron chi connectivity index (χ4n) is 4.81. The third kappa shape index (κ3) is 4.10. The number of aryl methyl sites for hydroxylation is 1. The third-order valence-electron chi connectivity index (χ3n) is 6.51. The van der Waals surface area contributed by atoms with Crippen LogP contribution in [0.4, 0.5) is 5.82 Å². The molecule has 152 valence electrons. The van der Waals surface area contributed by atoms with Gasteiger partial charge in [-0.25, -0.2) is 4.98 Å². The SMILES string of the molecule is Cn1cc(-c2cc3cc(NCC4CCC(N5CCCC5)CC4)ncc3cn2)nn1. The number of nitrogens with zero attached hydrogens (tertiary/aromatic N) is 6. The van der Waals surface area contributed by atoms with Gasteiger partial charge in [-0.05, 0) is 75.1 Å². The van der Waals surface area contributed by atoms with Gasteiger partial charge in [-0.15, -0.1) is 5.10 Å². The highest BCUT2D eigenvalue weighted by Gasteiger charge is 2.27. The van der Waals surface area contributed by atoms with Gasteiger partial charge in [-0.2, -0.15) is 0 Å². The average Bonchev–Trinajstić information content (AvgIpc) is 3.44. The van der Waals surface area contributed by atoms with E-state index in [0.29, 0.717) is 0 Å². The van der Waals surface area contributed by atoms with Crippen molar-refractivity contribution < 1.29 is 0 Å². The lowest BCUT2D eigenvalue weighted by molar-refractivity contribution is 0.168. The Kier molecular flexibility index (Phi) is 5.14. The van der Waals surface area contributed by atoms with Gasteiger partial charge in [0.2, 0.25) is 0 Å². The molecule has 1 saturated carbocycles. The minimum Gasteiger partial charge on any atom is -0.370 e. The van der Waals surface area contributed by atoms with Crippen molar-refractivity contribution in [2.75, 3.05) is 25.0 Å². The molecule has 7 heteroatoms. The molecule has 4 heterocycles. The molecule has 7 nitrogen and oxygen atoms in total. The Labute approximate surface area is 171 Å². The number of nitrogens with one attached hydrogen (secondary N) is 1. The monoisotopic (exact) mass is 391 g/mol. The number of pyridine rings is 2. The Morgan fingerprint density at radius 3 is 2.52 bits per heavy atom. The van der Waals surface area contributed by atoms with Gasteiger partial charge >= 0.3 is 0 Å². The number of hydrogen-bond acceptors (Lipinski definition) is 6. The van der Waals surface area contributed by atoms with Gasteiger partial charge in [0.05, 0.1) is 11.9 Å². The largest absolute Gasteiger partial charge is 0.370 e. The van der Waals surface area contributed by atoms with E-state index in [1.165, 1.54) is 51.6 Å². The van der Waals surface area contributed by atoms with Gasteiger partial charge in [0.15, 0.2) is 0 Å². The number of rotatable bonds is 5. The van der Waals surface area contributed by atoms with E-state index in [9.17, 15) is 0 Å². The number of likely N-dealkylation sites (tertiary alicyclic amines) is 1. The van der Waals surface area contributed by atoms with Crippen molar-refractivity contribution >= 4 is 16.6 Å². The molecule has 1 saturated heterocycles. The Balaban J connectivity index is 1.21. The first-order chi connectivity index (χ1) is 14.2. The molecule has 5 rings (SSSR count). The molecule has 0 unspecified atom stereocenters. The molecule has 0 amide bonds. The van der Waals surface area contributed by atoms with Crippen LogP contribution in [-0.4, -0.2) is 55.5 Å². The predicted molar refractivity (Wildman–Crippen MR) is 115 cm³/mol. The van der Waals surface area contributed by atoms with Gasteiger partial charge in [0.25, 0.3) is 0 Å². The molecule has 0 spiro atoms. The van der Waals surface area contributed by atoms with Crippen molar-refractivity contribution in [3.63, 3.8) is 0 Å². The van der Waals surface area contributed by atoms with Crippen molar-refractivity contribution in [3.8, 4) is 11.4 Å². The van der Waals surface area contributed by atoms with Crippen molar-refractivity contribution in [1.82, 2.24) is 29.9 Å². The van der Waals surface area contributed by atoms with E-state index in [0.717, 1.165) is 46.5 Å². The highest BCUT2D eigenvalue weighted by atomic mass is 15.4. The Bertz CT molecular complexity index is 968. The van der Waals surface area contributed by atoms with Crippen LogP contribution in [0, 0.1) is 5.92 Å². The van der Waals surface area contributed by atoms with Crippen molar-refractivity contribution in [3.05, 3.63) is 30.7 Å². The van der Waals surface area contributed by atoms with E-state index >= 15 is 0 Å². The standard InChI is InChI=1S/C22H29N7/c1-28-15-21(26-27-28)20-10-17-11-22(25-14-18(17)13-23-20)24-12-16-4-6-19(7-5-16)29-8-2-3-9-29/h10-11,13-16,19H,2-9,12H2,1H3,(H,24,25). The molecule has 0 bridgehead atoms. The maximum Gasteiger partial charge on any atom is 0.131 e. The van der Waals surface area contributed by atoms with Crippen LogP contribution in [0.3, 0.4) is 0 Å². The van der Waals surface area contributed by atoms with E-state index in [4.69, 9.17) is 0 Å². The molecular weight excluding hydrogens is 362 g/mol. The molecule has 0 radical (unpaired) electrons. The van der Waals surface area contributed by atoms with Crippen LogP contribution in [-0.2, 0) is 7.05 Å². The van der Waals surface area contributed by atoms with Crippen LogP contribution in [0.5, 0.6) is 0 Å². The summed E-state index contributed by atoms with van der Waals surface area (Å²) in [5.41, 5.74) is 1.62. The Morgan fingerprint density at radius 1 is 0.966 bits per heavy atom. The zero-order valence-corrected chi connectivity index (χ0v) is 17.1. The van der Waals surface area contributed by atoms with Crippen LogP contribution in [0.15, 0.2) is 30.7 Å². The molecular formula is C22H29N7. The van der Waals surface area contributed by atoms with Crippen LogP contribution < -0.4 is 5.32 Å².